The number of amidine groups is 1. The molecule has 0 aliphatic carbocycles. The summed E-state index contributed by atoms with van der Waals surface area (Å²) in [6.07, 6.45) is 0. The minimum absolute atomic E-state index is 0.0236. The lowest BCUT2D eigenvalue weighted by Gasteiger charge is -2.09. The fraction of sp³-hybridized carbons (Fsp3) is 0.0714. The highest BCUT2D eigenvalue weighted by molar-refractivity contribution is 6.31. The van der Waals surface area contributed by atoms with Crippen LogP contribution in [0.15, 0.2) is 47.6 Å². The summed E-state index contributed by atoms with van der Waals surface area (Å²) in [6.45, 7) is 0.193. The highest BCUT2D eigenvalue weighted by Crippen LogP contribution is 2.21. The molecule has 0 spiro atoms. The second kappa shape index (κ2) is 6.25. The lowest BCUT2D eigenvalue weighted by atomic mass is 10.1. The maximum absolute atomic E-state index is 13.0. The van der Waals surface area contributed by atoms with Crippen molar-refractivity contribution in [2.75, 3.05) is 0 Å². The summed E-state index contributed by atoms with van der Waals surface area (Å²) in [7, 11) is 0. The van der Waals surface area contributed by atoms with Gasteiger partial charge in [0.1, 0.15) is 18.2 Å². The molecule has 0 saturated heterocycles. The van der Waals surface area contributed by atoms with E-state index in [9.17, 15) is 4.39 Å². The van der Waals surface area contributed by atoms with Crippen LogP contribution in [0, 0.1) is 5.82 Å². The molecule has 20 heavy (non-hydrogen) atoms. The van der Waals surface area contributed by atoms with E-state index in [0.29, 0.717) is 21.9 Å². The zero-order chi connectivity index (χ0) is 14.5. The maximum Gasteiger partial charge on any atom is 0.170 e. The molecule has 2 aromatic carbocycles. The molecule has 0 aliphatic heterocycles. The molecule has 104 valence electrons. The van der Waals surface area contributed by atoms with Crippen molar-refractivity contribution in [2.24, 2.45) is 10.9 Å². The molecule has 2 rings (SSSR count). The minimum Gasteiger partial charge on any atom is -0.489 e. The predicted molar refractivity (Wildman–Crippen MR) is 74.7 cm³/mol. The number of nitrogens with zero attached hydrogens (tertiary/aromatic N) is 1. The van der Waals surface area contributed by atoms with Crippen molar-refractivity contribution in [3.05, 3.63) is 64.4 Å². The third-order valence-corrected chi connectivity index (χ3v) is 3.00. The molecule has 0 heterocycles. The van der Waals surface area contributed by atoms with Gasteiger partial charge >= 0.3 is 0 Å². The SMILES string of the molecule is N/C(=N/O)c1ccc(COc2cccc(F)c2)c(Cl)c1. The van der Waals surface area contributed by atoms with Crippen molar-refractivity contribution in [2.45, 2.75) is 6.61 Å². The van der Waals surface area contributed by atoms with E-state index in [0.717, 1.165) is 0 Å². The molecule has 0 bridgehead atoms. The van der Waals surface area contributed by atoms with Gasteiger partial charge in [-0.2, -0.15) is 0 Å². The van der Waals surface area contributed by atoms with E-state index >= 15 is 0 Å². The zero-order valence-corrected chi connectivity index (χ0v) is 11.1. The molecule has 2 aromatic rings. The number of halogens is 2. The molecular weight excluding hydrogens is 283 g/mol. The molecule has 0 unspecified atom stereocenters. The first-order chi connectivity index (χ1) is 9.60. The highest BCUT2D eigenvalue weighted by Gasteiger charge is 2.06. The van der Waals surface area contributed by atoms with E-state index in [4.69, 9.17) is 27.3 Å². The van der Waals surface area contributed by atoms with Crippen molar-refractivity contribution >= 4 is 17.4 Å². The Morgan fingerprint density at radius 2 is 2.10 bits per heavy atom. The first kappa shape index (κ1) is 14.1. The van der Waals surface area contributed by atoms with Gasteiger partial charge in [0.2, 0.25) is 0 Å². The van der Waals surface area contributed by atoms with Gasteiger partial charge in [-0.25, -0.2) is 4.39 Å². The van der Waals surface area contributed by atoms with Crippen LogP contribution in [0.4, 0.5) is 4.39 Å². The molecule has 0 fully saturated rings. The van der Waals surface area contributed by atoms with Crippen molar-refractivity contribution < 1.29 is 14.3 Å². The van der Waals surface area contributed by atoms with Crippen LogP contribution in [0.25, 0.3) is 0 Å². The maximum atomic E-state index is 13.0. The normalized spacial score (nSPS) is 11.4. The number of hydrogen-bond acceptors (Lipinski definition) is 3. The van der Waals surface area contributed by atoms with E-state index in [1.807, 2.05) is 0 Å². The molecule has 0 radical (unpaired) electrons. The Hall–Kier alpha value is -2.27. The lowest BCUT2D eigenvalue weighted by Crippen LogP contribution is -2.13. The molecule has 6 heteroatoms. The summed E-state index contributed by atoms with van der Waals surface area (Å²) in [5, 5.41) is 11.9. The average Bonchev–Trinajstić information content (AvgIpc) is 2.45. The summed E-state index contributed by atoms with van der Waals surface area (Å²) in [5.74, 6) is 0.0296. The first-order valence-corrected chi connectivity index (χ1v) is 6.12. The minimum atomic E-state index is -0.365. The summed E-state index contributed by atoms with van der Waals surface area (Å²) >= 11 is 6.08. The number of hydrogen-bond donors (Lipinski definition) is 2. The van der Waals surface area contributed by atoms with Crippen LogP contribution in [-0.4, -0.2) is 11.0 Å². The number of rotatable bonds is 4. The van der Waals surface area contributed by atoms with Gasteiger partial charge in [0.15, 0.2) is 5.84 Å². The molecule has 0 amide bonds. The predicted octanol–water partition coefficient (Wildman–Crippen LogP) is 3.15. The van der Waals surface area contributed by atoms with Gasteiger partial charge < -0.3 is 15.7 Å². The third-order valence-electron chi connectivity index (χ3n) is 2.65. The van der Waals surface area contributed by atoms with E-state index in [1.165, 1.54) is 12.1 Å². The molecular formula is C14H12ClFN2O2. The van der Waals surface area contributed by atoms with E-state index in [-0.39, 0.29) is 18.3 Å². The van der Waals surface area contributed by atoms with Gasteiger partial charge in [-0.15, -0.1) is 0 Å². The second-order valence-corrected chi connectivity index (χ2v) is 4.44. The van der Waals surface area contributed by atoms with Crippen LogP contribution in [-0.2, 0) is 6.61 Å². The molecule has 0 aromatic heterocycles. The van der Waals surface area contributed by atoms with Crippen LogP contribution < -0.4 is 10.5 Å². The lowest BCUT2D eigenvalue weighted by molar-refractivity contribution is 0.304. The molecule has 0 aliphatic rings. The molecule has 0 saturated carbocycles. The van der Waals surface area contributed by atoms with Gasteiger partial charge in [0.05, 0.1) is 0 Å². The second-order valence-electron chi connectivity index (χ2n) is 4.04. The van der Waals surface area contributed by atoms with Gasteiger partial charge in [-0.05, 0) is 18.2 Å². The van der Waals surface area contributed by atoms with E-state index in [1.54, 1.807) is 30.3 Å². The fourth-order valence-electron chi connectivity index (χ4n) is 1.60. The summed E-state index contributed by atoms with van der Waals surface area (Å²) in [5.41, 5.74) is 6.68. The van der Waals surface area contributed by atoms with Crippen LogP contribution in [0.3, 0.4) is 0 Å². The number of benzene rings is 2. The number of ether oxygens (including phenoxy) is 1. The Morgan fingerprint density at radius 3 is 2.75 bits per heavy atom. The standard InChI is InChI=1S/C14H12ClFN2O2/c15-13-6-9(14(17)18-19)4-5-10(13)8-20-12-3-1-2-11(16)7-12/h1-7,19H,8H2,(H2,17,18). The van der Waals surface area contributed by atoms with Crippen molar-refractivity contribution in [1.82, 2.24) is 0 Å². The van der Waals surface area contributed by atoms with Gasteiger partial charge in [-0.3, -0.25) is 0 Å². The topological polar surface area (TPSA) is 67.8 Å². The Labute approximate surface area is 120 Å². The van der Waals surface area contributed by atoms with E-state index in [2.05, 4.69) is 5.16 Å². The Kier molecular flexibility index (Phi) is 4.42. The zero-order valence-electron chi connectivity index (χ0n) is 10.4. The van der Waals surface area contributed by atoms with Crippen LogP contribution in [0.2, 0.25) is 5.02 Å². The van der Waals surface area contributed by atoms with Crippen molar-refractivity contribution in [3.63, 3.8) is 0 Å². The summed E-state index contributed by atoms with van der Waals surface area (Å²) < 4.78 is 18.4. The van der Waals surface area contributed by atoms with Gasteiger partial charge in [0, 0.05) is 22.2 Å². The Balaban J connectivity index is 2.11. The number of oxime groups is 1. The Bertz CT molecular complexity index is 647. The molecule has 3 N–H and O–H groups in total. The van der Waals surface area contributed by atoms with Crippen LogP contribution in [0.1, 0.15) is 11.1 Å². The van der Waals surface area contributed by atoms with Crippen LogP contribution >= 0.6 is 11.6 Å². The quantitative estimate of drug-likeness (QED) is 0.394. The van der Waals surface area contributed by atoms with Crippen molar-refractivity contribution in [3.8, 4) is 5.75 Å². The first-order valence-electron chi connectivity index (χ1n) is 5.75. The monoisotopic (exact) mass is 294 g/mol. The highest BCUT2D eigenvalue weighted by atomic mass is 35.5. The summed E-state index contributed by atoms with van der Waals surface area (Å²) in [6, 6.07) is 10.8. The summed E-state index contributed by atoms with van der Waals surface area (Å²) in [4.78, 5) is 0. The molecule has 0 atom stereocenters. The smallest absolute Gasteiger partial charge is 0.170 e. The van der Waals surface area contributed by atoms with Crippen molar-refractivity contribution in [1.29, 1.82) is 0 Å². The van der Waals surface area contributed by atoms with Gasteiger partial charge in [-0.1, -0.05) is 35.0 Å². The van der Waals surface area contributed by atoms with Crippen LogP contribution in [0.5, 0.6) is 5.75 Å². The van der Waals surface area contributed by atoms with E-state index < -0.39 is 0 Å². The third kappa shape index (κ3) is 3.39. The average molecular weight is 295 g/mol. The van der Waals surface area contributed by atoms with Gasteiger partial charge in [0.25, 0.3) is 0 Å². The largest absolute Gasteiger partial charge is 0.489 e. The molecule has 4 nitrogen and oxygen atoms in total. The number of nitrogens with two attached hydrogens (primary N) is 1. The Morgan fingerprint density at radius 1 is 1.30 bits per heavy atom. The fourth-order valence-corrected chi connectivity index (χ4v) is 1.83.